The van der Waals surface area contributed by atoms with Gasteiger partial charge in [-0.1, -0.05) is 28.1 Å². The van der Waals surface area contributed by atoms with E-state index in [1.807, 2.05) is 38.1 Å². The van der Waals surface area contributed by atoms with E-state index in [0.717, 1.165) is 15.8 Å². The molecule has 0 saturated carbocycles. The summed E-state index contributed by atoms with van der Waals surface area (Å²) in [6.45, 7) is 5.02. The van der Waals surface area contributed by atoms with Crippen LogP contribution in [0.2, 0.25) is 0 Å². The van der Waals surface area contributed by atoms with Crippen LogP contribution in [0.5, 0.6) is 17.2 Å². The van der Waals surface area contributed by atoms with E-state index in [2.05, 4.69) is 26.2 Å². The average Bonchev–Trinajstić information content (AvgIpc) is 3.20. The van der Waals surface area contributed by atoms with E-state index in [1.165, 1.54) is 23.9 Å². The Hall–Kier alpha value is -3.30. The van der Waals surface area contributed by atoms with Crippen LogP contribution in [0.3, 0.4) is 0 Å². The van der Waals surface area contributed by atoms with Crippen molar-refractivity contribution < 1.29 is 23.4 Å². The molecule has 186 valence electrons. The molecule has 1 N–H and O–H groups in total. The Kier molecular flexibility index (Phi) is 8.66. The van der Waals surface area contributed by atoms with Gasteiger partial charge in [0.05, 0.1) is 23.8 Å². The lowest BCUT2D eigenvalue weighted by atomic mass is 10.1. The first kappa shape index (κ1) is 25.8. The fourth-order valence-electron chi connectivity index (χ4n) is 3.35. The zero-order chi connectivity index (χ0) is 25.5. The lowest BCUT2D eigenvalue weighted by molar-refractivity contribution is -0.115. The van der Waals surface area contributed by atoms with Crippen molar-refractivity contribution in [2.45, 2.75) is 20.5 Å². The standard InChI is InChI=1S/C27H24BrFN2O4S/c1-3-33-21-10-8-20(9-11-21)30-27-31-26(32)25(36-27)14-18-13-23(34-4-2)24(15-22(18)28)35-16-17-6-5-7-19(29)12-17/h5-15H,3-4,16H2,1-2H3,(H,30,31,32)/b25-14+. The Morgan fingerprint density at radius 2 is 1.75 bits per heavy atom. The summed E-state index contributed by atoms with van der Waals surface area (Å²) < 4.78 is 31.3. The Bertz CT molecular complexity index is 1310. The minimum Gasteiger partial charge on any atom is -0.494 e. The molecule has 0 unspecified atom stereocenters. The maximum absolute atomic E-state index is 13.5. The van der Waals surface area contributed by atoms with Crippen LogP contribution < -0.4 is 19.5 Å². The predicted octanol–water partition coefficient (Wildman–Crippen LogP) is 6.86. The Labute approximate surface area is 221 Å². The molecule has 1 heterocycles. The molecular weight excluding hydrogens is 547 g/mol. The first-order valence-corrected chi connectivity index (χ1v) is 12.9. The van der Waals surface area contributed by atoms with Crippen molar-refractivity contribution in [3.8, 4) is 17.2 Å². The number of hydrogen-bond donors (Lipinski definition) is 1. The predicted molar refractivity (Wildman–Crippen MR) is 144 cm³/mol. The van der Waals surface area contributed by atoms with Crippen LogP contribution in [-0.4, -0.2) is 24.3 Å². The number of rotatable bonds is 9. The van der Waals surface area contributed by atoms with E-state index in [4.69, 9.17) is 14.2 Å². The monoisotopic (exact) mass is 570 g/mol. The van der Waals surface area contributed by atoms with E-state index < -0.39 is 0 Å². The summed E-state index contributed by atoms with van der Waals surface area (Å²) in [4.78, 5) is 17.6. The second-order valence-electron chi connectivity index (χ2n) is 7.58. The molecule has 1 aliphatic rings. The zero-order valence-electron chi connectivity index (χ0n) is 19.7. The van der Waals surface area contributed by atoms with Crippen LogP contribution in [0.1, 0.15) is 25.0 Å². The van der Waals surface area contributed by atoms with Crippen LogP contribution in [-0.2, 0) is 11.4 Å². The van der Waals surface area contributed by atoms with Gasteiger partial charge in [0.15, 0.2) is 16.7 Å². The number of benzene rings is 3. The van der Waals surface area contributed by atoms with E-state index in [1.54, 1.807) is 30.3 Å². The molecule has 0 aliphatic carbocycles. The molecule has 4 rings (SSSR count). The number of nitrogens with zero attached hydrogens (tertiary/aromatic N) is 1. The van der Waals surface area contributed by atoms with Crippen LogP contribution >= 0.6 is 27.7 Å². The lowest BCUT2D eigenvalue weighted by Crippen LogP contribution is -2.19. The molecule has 0 aromatic heterocycles. The highest BCUT2D eigenvalue weighted by molar-refractivity contribution is 9.10. The molecule has 0 radical (unpaired) electrons. The first-order chi connectivity index (χ1) is 17.4. The summed E-state index contributed by atoms with van der Waals surface area (Å²) in [5.41, 5.74) is 2.16. The molecule has 1 fully saturated rings. The van der Waals surface area contributed by atoms with Crippen molar-refractivity contribution in [3.63, 3.8) is 0 Å². The molecule has 36 heavy (non-hydrogen) atoms. The summed E-state index contributed by atoms with van der Waals surface area (Å²) in [5.74, 6) is 1.25. The molecular formula is C27H24BrFN2O4S. The maximum Gasteiger partial charge on any atom is 0.264 e. The summed E-state index contributed by atoms with van der Waals surface area (Å²) in [5, 5.41) is 3.29. The third-order valence-corrected chi connectivity index (χ3v) is 6.56. The van der Waals surface area contributed by atoms with Crippen molar-refractivity contribution in [2.75, 3.05) is 13.2 Å². The Morgan fingerprint density at radius 1 is 1.00 bits per heavy atom. The van der Waals surface area contributed by atoms with Crippen LogP contribution in [0.15, 0.2) is 75.0 Å². The van der Waals surface area contributed by atoms with Crippen molar-refractivity contribution in [1.82, 2.24) is 5.32 Å². The summed E-state index contributed by atoms with van der Waals surface area (Å²) in [6, 6.07) is 17.2. The van der Waals surface area contributed by atoms with Gasteiger partial charge in [-0.2, -0.15) is 0 Å². The SMILES string of the molecule is CCOc1ccc(N=C2NC(=O)/C(=C\c3cc(OCC)c(OCc4cccc(F)c4)cc3Br)S2)cc1. The van der Waals surface area contributed by atoms with E-state index in [-0.39, 0.29) is 18.3 Å². The molecule has 1 saturated heterocycles. The van der Waals surface area contributed by atoms with Gasteiger partial charge in [0, 0.05) is 4.47 Å². The largest absolute Gasteiger partial charge is 0.494 e. The molecule has 1 amide bonds. The average molecular weight is 571 g/mol. The van der Waals surface area contributed by atoms with Gasteiger partial charge in [0.2, 0.25) is 0 Å². The fraction of sp³-hybridized carbons (Fsp3) is 0.185. The molecule has 3 aromatic rings. The number of carbonyl (C=O) groups excluding carboxylic acids is 1. The normalized spacial score (nSPS) is 15.3. The molecule has 1 aliphatic heterocycles. The third-order valence-electron chi connectivity index (χ3n) is 4.96. The van der Waals surface area contributed by atoms with Gasteiger partial charge in [-0.25, -0.2) is 9.38 Å². The summed E-state index contributed by atoms with van der Waals surface area (Å²) in [7, 11) is 0. The lowest BCUT2D eigenvalue weighted by Gasteiger charge is -2.14. The van der Waals surface area contributed by atoms with E-state index >= 15 is 0 Å². The van der Waals surface area contributed by atoms with Gasteiger partial charge in [-0.15, -0.1) is 0 Å². The molecule has 0 spiro atoms. The Balaban J connectivity index is 1.52. The van der Waals surface area contributed by atoms with E-state index in [9.17, 15) is 9.18 Å². The molecule has 6 nitrogen and oxygen atoms in total. The van der Waals surface area contributed by atoms with Crippen molar-refractivity contribution in [3.05, 3.63) is 87.0 Å². The minimum atomic E-state index is -0.318. The second kappa shape index (κ2) is 12.1. The molecule has 0 bridgehead atoms. The second-order valence-corrected chi connectivity index (χ2v) is 9.47. The summed E-state index contributed by atoms with van der Waals surface area (Å²) >= 11 is 4.82. The number of ether oxygens (including phenoxy) is 3. The van der Waals surface area contributed by atoms with Crippen LogP contribution in [0.25, 0.3) is 6.08 Å². The summed E-state index contributed by atoms with van der Waals surface area (Å²) in [6.07, 6.45) is 1.77. The molecule has 3 aromatic carbocycles. The Morgan fingerprint density at radius 3 is 2.47 bits per heavy atom. The molecule has 0 atom stereocenters. The van der Waals surface area contributed by atoms with Gasteiger partial charge in [-0.3, -0.25) is 4.79 Å². The van der Waals surface area contributed by atoms with Gasteiger partial charge in [-0.05, 0) is 91.3 Å². The number of amidine groups is 1. The zero-order valence-corrected chi connectivity index (χ0v) is 22.1. The minimum absolute atomic E-state index is 0.189. The topological polar surface area (TPSA) is 69.2 Å². The van der Waals surface area contributed by atoms with Gasteiger partial charge >= 0.3 is 0 Å². The fourth-order valence-corrected chi connectivity index (χ4v) is 4.62. The van der Waals surface area contributed by atoms with Crippen LogP contribution in [0, 0.1) is 5.82 Å². The quantitative estimate of drug-likeness (QED) is 0.285. The van der Waals surface area contributed by atoms with Crippen LogP contribution in [0.4, 0.5) is 10.1 Å². The van der Waals surface area contributed by atoms with Gasteiger partial charge in [0.25, 0.3) is 5.91 Å². The maximum atomic E-state index is 13.5. The van der Waals surface area contributed by atoms with Gasteiger partial charge < -0.3 is 19.5 Å². The number of carbonyl (C=O) groups is 1. The number of thioether (sulfide) groups is 1. The van der Waals surface area contributed by atoms with E-state index in [0.29, 0.717) is 46.0 Å². The highest BCUT2D eigenvalue weighted by atomic mass is 79.9. The number of aliphatic imine (C=N–C) groups is 1. The highest BCUT2D eigenvalue weighted by Gasteiger charge is 2.24. The highest BCUT2D eigenvalue weighted by Crippen LogP contribution is 2.37. The number of nitrogens with one attached hydrogen (secondary N) is 1. The van der Waals surface area contributed by atoms with Gasteiger partial charge in [0.1, 0.15) is 18.2 Å². The molecule has 9 heteroatoms. The smallest absolute Gasteiger partial charge is 0.264 e. The number of amides is 1. The van der Waals surface area contributed by atoms with Crippen molar-refractivity contribution in [1.29, 1.82) is 0 Å². The third kappa shape index (κ3) is 6.67. The number of hydrogen-bond acceptors (Lipinski definition) is 6. The number of halogens is 2. The van der Waals surface area contributed by atoms with Crippen molar-refractivity contribution >= 4 is 50.5 Å². The van der Waals surface area contributed by atoms with Crippen molar-refractivity contribution in [2.24, 2.45) is 4.99 Å². The first-order valence-electron chi connectivity index (χ1n) is 11.3.